The first-order valence-corrected chi connectivity index (χ1v) is 4.49. The minimum absolute atomic E-state index is 0.125. The third-order valence-electron chi connectivity index (χ3n) is 1.67. The molecule has 1 aromatic carbocycles. The van der Waals surface area contributed by atoms with Gasteiger partial charge in [0.2, 0.25) is 0 Å². The average Bonchev–Trinajstić information content (AvgIpc) is 2.19. The minimum atomic E-state index is -0.880. The average molecular weight is 220 g/mol. The molecule has 14 heavy (non-hydrogen) atoms. The van der Waals surface area contributed by atoms with E-state index in [1.54, 1.807) is 0 Å². The van der Waals surface area contributed by atoms with Crippen molar-refractivity contribution < 1.29 is 14.6 Å². The van der Waals surface area contributed by atoms with E-state index >= 15 is 0 Å². The Morgan fingerprint density at radius 2 is 2.21 bits per heavy atom. The van der Waals surface area contributed by atoms with Gasteiger partial charge in [0.1, 0.15) is 5.82 Å². The Balaban J connectivity index is 2.62. The molecule has 78 valence electrons. The first kappa shape index (κ1) is 11.2. The van der Waals surface area contributed by atoms with E-state index in [4.69, 9.17) is 21.8 Å². The van der Waals surface area contributed by atoms with Gasteiger partial charge in [-0.3, -0.25) is 0 Å². The molecular formula is C9H11ClFNO2. The number of aliphatic hydroxyl groups excluding tert-OH is 2. The summed E-state index contributed by atoms with van der Waals surface area (Å²) >= 11 is 5.75. The topological polar surface area (TPSA) is 52.5 Å². The van der Waals surface area contributed by atoms with Crippen molar-refractivity contribution >= 4 is 17.3 Å². The lowest BCUT2D eigenvalue weighted by molar-refractivity contribution is 0.105. The highest BCUT2D eigenvalue weighted by molar-refractivity contribution is 6.33. The molecule has 3 nitrogen and oxygen atoms in total. The summed E-state index contributed by atoms with van der Waals surface area (Å²) < 4.78 is 12.7. The molecule has 1 atom stereocenters. The van der Waals surface area contributed by atoms with Crippen molar-refractivity contribution in [1.29, 1.82) is 0 Å². The fourth-order valence-electron chi connectivity index (χ4n) is 0.925. The summed E-state index contributed by atoms with van der Waals surface area (Å²) in [6.07, 6.45) is -0.880. The van der Waals surface area contributed by atoms with Crippen molar-refractivity contribution in [1.82, 2.24) is 0 Å². The Kier molecular flexibility index (Phi) is 4.13. The van der Waals surface area contributed by atoms with Gasteiger partial charge in [-0.2, -0.15) is 0 Å². The maximum absolute atomic E-state index is 12.7. The molecule has 1 aromatic rings. The fraction of sp³-hybridized carbons (Fsp3) is 0.333. The number of halogens is 2. The molecule has 0 heterocycles. The summed E-state index contributed by atoms with van der Waals surface area (Å²) in [6, 6.07) is 3.90. The van der Waals surface area contributed by atoms with Gasteiger partial charge in [0.25, 0.3) is 0 Å². The van der Waals surface area contributed by atoms with Crippen LogP contribution in [-0.2, 0) is 0 Å². The van der Waals surface area contributed by atoms with Crippen molar-refractivity contribution in [2.45, 2.75) is 6.10 Å². The van der Waals surface area contributed by atoms with E-state index in [1.807, 2.05) is 0 Å². The molecule has 5 heteroatoms. The molecule has 0 aliphatic heterocycles. The van der Waals surface area contributed by atoms with Crippen molar-refractivity contribution in [3.8, 4) is 0 Å². The van der Waals surface area contributed by atoms with E-state index in [9.17, 15) is 4.39 Å². The van der Waals surface area contributed by atoms with Gasteiger partial charge in [0, 0.05) is 6.54 Å². The third kappa shape index (κ3) is 3.14. The lowest BCUT2D eigenvalue weighted by atomic mass is 10.3. The summed E-state index contributed by atoms with van der Waals surface area (Å²) in [5.74, 6) is -0.407. The van der Waals surface area contributed by atoms with Crippen LogP contribution in [0, 0.1) is 5.82 Å². The van der Waals surface area contributed by atoms with Crippen molar-refractivity contribution in [3.63, 3.8) is 0 Å². The van der Waals surface area contributed by atoms with Crippen molar-refractivity contribution in [2.24, 2.45) is 0 Å². The molecule has 0 aliphatic carbocycles. The van der Waals surface area contributed by atoms with E-state index in [2.05, 4.69) is 5.32 Å². The predicted molar refractivity (Wildman–Crippen MR) is 53.0 cm³/mol. The van der Waals surface area contributed by atoms with Crippen molar-refractivity contribution in [2.75, 3.05) is 18.5 Å². The van der Waals surface area contributed by atoms with Gasteiger partial charge in [-0.1, -0.05) is 11.6 Å². The largest absolute Gasteiger partial charge is 0.394 e. The van der Waals surface area contributed by atoms with Crippen LogP contribution in [0.5, 0.6) is 0 Å². The summed E-state index contributed by atoms with van der Waals surface area (Å²) in [5.41, 5.74) is 0.402. The highest BCUT2D eigenvalue weighted by Gasteiger charge is 2.04. The zero-order valence-electron chi connectivity index (χ0n) is 7.37. The first-order chi connectivity index (χ1) is 6.63. The highest BCUT2D eigenvalue weighted by atomic mass is 35.5. The fourth-order valence-corrected chi connectivity index (χ4v) is 1.11. The molecule has 0 spiro atoms. The van der Waals surface area contributed by atoms with E-state index in [1.165, 1.54) is 18.2 Å². The molecule has 0 radical (unpaired) electrons. The normalized spacial score (nSPS) is 12.6. The van der Waals surface area contributed by atoms with E-state index in [-0.39, 0.29) is 13.2 Å². The van der Waals surface area contributed by atoms with Crippen LogP contribution in [0.25, 0.3) is 0 Å². The molecule has 0 amide bonds. The maximum Gasteiger partial charge on any atom is 0.125 e. The zero-order valence-corrected chi connectivity index (χ0v) is 8.13. The number of benzene rings is 1. The molecule has 0 saturated heterocycles. The lowest BCUT2D eigenvalue weighted by Crippen LogP contribution is -2.23. The summed E-state index contributed by atoms with van der Waals surface area (Å²) in [4.78, 5) is 0. The zero-order chi connectivity index (χ0) is 10.6. The second kappa shape index (κ2) is 5.14. The Morgan fingerprint density at radius 3 is 2.86 bits per heavy atom. The SMILES string of the molecule is OC[C@@H](O)CNc1cc(F)ccc1Cl. The lowest BCUT2D eigenvalue weighted by Gasteiger charge is -2.11. The van der Waals surface area contributed by atoms with Crippen molar-refractivity contribution in [3.05, 3.63) is 29.0 Å². The number of aliphatic hydroxyl groups is 2. The van der Waals surface area contributed by atoms with Crippen LogP contribution in [0.1, 0.15) is 0 Å². The molecule has 0 fully saturated rings. The molecule has 0 bridgehead atoms. The minimum Gasteiger partial charge on any atom is -0.394 e. The second-order valence-corrected chi connectivity index (χ2v) is 3.25. The summed E-state index contributed by atoms with van der Waals surface area (Å²) in [5, 5.41) is 20.7. The van der Waals surface area contributed by atoms with Crippen LogP contribution in [-0.4, -0.2) is 29.5 Å². The summed E-state index contributed by atoms with van der Waals surface area (Å²) in [6.45, 7) is -0.223. The van der Waals surface area contributed by atoms with Gasteiger partial charge in [-0.25, -0.2) is 4.39 Å². The van der Waals surface area contributed by atoms with Gasteiger partial charge in [-0.15, -0.1) is 0 Å². The highest BCUT2D eigenvalue weighted by Crippen LogP contribution is 2.22. The first-order valence-electron chi connectivity index (χ1n) is 4.11. The summed E-state index contributed by atoms with van der Waals surface area (Å²) in [7, 11) is 0. The number of hydrogen-bond acceptors (Lipinski definition) is 3. The number of anilines is 1. The van der Waals surface area contributed by atoms with Crippen LogP contribution in [0.4, 0.5) is 10.1 Å². The van der Waals surface area contributed by atoms with Gasteiger partial charge >= 0.3 is 0 Å². The van der Waals surface area contributed by atoms with Gasteiger partial charge in [0.05, 0.1) is 23.4 Å². The Labute approximate surface area is 86.1 Å². The predicted octanol–water partition coefficient (Wildman–Crippen LogP) is 1.24. The second-order valence-electron chi connectivity index (χ2n) is 2.84. The molecule has 0 unspecified atom stereocenters. The van der Waals surface area contributed by atoms with Gasteiger partial charge < -0.3 is 15.5 Å². The number of rotatable bonds is 4. The molecule has 0 aromatic heterocycles. The number of nitrogens with one attached hydrogen (secondary N) is 1. The smallest absolute Gasteiger partial charge is 0.125 e. The van der Waals surface area contributed by atoms with Crippen LogP contribution in [0.15, 0.2) is 18.2 Å². The Morgan fingerprint density at radius 1 is 1.50 bits per heavy atom. The van der Waals surface area contributed by atoms with E-state index in [0.29, 0.717) is 10.7 Å². The third-order valence-corrected chi connectivity index (χ3v) is 2.00. The maximum atomic E-state index is 12.7. The standard InChI is InChI=1S/C9H11ClFNO2/c10-8-2-1-6(11)3-9(8)12-4-7(14)5-13/h1-3,7,12-14H,4-5H2/t7-/m0/s1. The van der Waals surface area contributed by atoms with Gasteiger partial charge in [-0.05, 0) is 18.2 Å². The molecule has 3 N–H and O–H groups in total. The van der Waals surface area contributed by atoms with Crippen LogP contribution < -0.4 is 5.32 Å². The van der Waals surface area contributed by atoms with E-state index < -0.39 is 11.9 Å². The Hall–Kier alpha value is -0.840. The molecule has 0 aliphatic rings. The van der Waals surface area contributed by atoms with Crippen LogP contribution in [0.2, 0.25) is 5.02 Å². The molecule has 0 saturated carbocycles. The number of hydrogen-bond donors (Lipinski definition) is 3. The monoisotopic (exact) mass is 219 g/mol. The van der Waals surface area contributed by atoms with E-state index in [0.717, 1.165) is 0 Å². The molecule has 1 rings (SSSR count). The Bertz CT molecular complexity index is 309. The van der Waals surface area contributed by atoms with Crippen LogP contribution >= 0.6 is 11.6 Å². The molecular weight excluding hydrogens is 209 g/mol. The van der Waals surface area contributed by atoms with Gasteiger partial charge in [0.15, 0.2) is 0 Å². The van der Waals surface area contributed by atoms with Crippen LogP contribution in [0.3, 0.4) is 0 Å². The quantitative estimate of drug-likeness (QED) is 0.714.